The van der Waals surface area contributed by atoms with E-state index in [1.165, 1.54) is 0 Å². The molecule has 4 heterocycles. The van der Waals surface area contributed by atoms with Crippen molar-refractivity contribution < 1.29 is 22.8 Å². The van der Waals surface area contributed by atoms with E-state index in [2.05, 4.69) is 15.2 Å². The minimum Gasteiger partial charge on any atom is -0.343 e. The van der Waals surface area contributed by atoms with Crippen LogP contribution in [0.1, 0.15) is 54.3 Å². The molecule has 1 unspecified atom stereocenters. The van der Waals surface area contributed by atoms with Crippen molar-refractivity contribution in [1.29, 1.82) is 0 Å². The Labute approximate surface area is 209 Å². The molecule has 6 rings (SSSR count). The Morgan fingerprint density at radius 2 is 2.00 bits per heavy atom. The number of hydrogen-bond acceptors (Lipinski definition) is 4. The Morgan fingerprint density at radius 3 is 2.68 bits per heavy atom. The number of nitrogens with zero attached hydrogens (tertiary/aromatic N) is 4. The van der Waals surface area contributed by atoms with E-state index in [0.717, 1.165) is 21.5 Å². The van der Waals surface area contributed by atoms with Crippen LogP contribution < -0.4 is 5.69 Å². The minimum absolute atomic E-state index is 0.0244. The van der Waals surface area contributed by atoms with Crippen molar-refractivity contribution in [2.75, 3.05) is 19.6 Å². The number of imidazole rings is 1. The van der Waals surface area contributed by atoms with Gasteiger partial charge in [-0.2, -0.15) is 18.3 Å². The van der Waals surface area contributed by atoms with Crippen molar-refractivity contribution in [3.63, 3.8) is 0 Å². The molecule has 1 aliphatic carbocycles. The Balaban J connectivity index is 1.28. The molecular formula is C25H27F3N6O3. The number of aromatic amines is 2. The van der Waals surface area contributed by atoms with Gasteiger partial charge in [-0.15, -0.1) is 0 Å². The molecule has 0 bridgehead atoms. The summed E-state index contributed by atoms with van der Waals surface area (Å²) < 4.78 is 42.2. The number of rotatable bonds is 4. The normalized spacial score (nSPS) is 24.2. The Bertz CT molecular complexity index is 1450. The summed E-state index contributed by atoms with van der Waals surface area (Å²) >= 11 is 0. The third-order valence-electron chi connectivity index (χ3n) is 8.32. The molecule has 2 atom stereocenters. The van der Waals surface area contributed by atoms with Gasteiger partial charge < -0.3 is 14.8 Å². The highest BCUT2D eigenvalue weighted by Crippen LogP contribution is 2.65. The number of alkyl halides is 3. The van der Waals surface area contributed by atoms with Crippen LogP contribution in [0, 0.1) is 12.3 Å². The van der Waals surface area contributed by atoms with Crippen molar-refractivity contribution in [2.45, 2.75) is 57.3 Å². The fourth-order valence-electron chi connectivity index (χ4n) is 6.39. The molecule has 9 nitrogen and oxygen atoms in total. The third-order valence-corrected chi connectivity index (χ3v) is 8.32. The second-order valence-corrected chi connectivity index (χ2v) is 10.6. The van der Waals surface area contributed by atoms with E-state index >= 15 is 0 Å². The maximum atomic E-state index is 13.7. The largest absolute Gasteiger partial charge is 0.406 e. The average Bonchev–Trinajstić information content (AvgIpc) is 3.16. The molecule has 2 aromatic heterocycles. The lowest BCUT2D eigenvalue weighted by molar-refractivity contribution is -0.166. The number of hydrogen-bond donors (Lipinski definition) is 2. The number of amides is 2. The van der Waals surface area contributed by atoms with Gasteiger partial charge >= 0.3 is 11.9 Å². The van der Waals surface area contributed by atoms with Crippen molar-refractivity contribution in [3.05, 3.63) is 51.8 Å². The quantitative estimate of drug-likeness (QED) is 0.556. The molecule has 3 aromatic rings. The van der Waals surface area contributed by atoms with Crippen LogP contribution >= 0.6 is 0 Å². The van der Waals surface area contributed by atoms with Crippen LogP contribution in [0.3, 0.4) is 0 Å². The third kappa shape index (κ3) is 3.93. The van der Waals surface area contributed by atoms with Crippen molar-refractivity contribution in [2.24, 2.45) is 5.41 Å². The second-order valence-electron chi connectivity index (χ2n) is 10.6. The summed E-state index contributed by atoms with van der Waals surface area (Å²) in [5, 5.41) is 7.70. The Morgan fingerprint density at radius 1 is 1.24 bits per heavy atom. The summed E-state index contributed by atoms with van der Waals surface area (Å²) in [7, 11) is 0. The number of nitrogens with one attached hydrogen (secondary N) is 2. The summed E-state index contributed by atoms with van der Waals surface area (Å²) in [4.78, 5) is 44.2. The maximum Gasteiger partial charge on any atom is 0.406 e. The summed E-state index contributed by atoms with van der Waals surface area (Å²) in [6.45, 7) is 1.21. The van der Waals surface area contributed by atoms with E-state index in [9.17, 15) is 27.6 Å². The molecule has 37 heavy (non-hydrogen) atoms. The number of carbonyl (C=O) groups is 2. The molecule has 0 radical (unpaired) electrons. The summed E-state index contributed by atoms with van der Waals surface area (Å²) in [5.74, 6) is -1.15. The van der Waals surface area contributed by atoms with Crippen LogP contribution in [0.25, 0.3) is 10.9 Å². The lowest BCUT2D eigenvalue weighted by Gasteiger charge is -2.34. The van der Waals surface area contributed by atoms with Gasteiger partial charge in [0.15, 0.2) is 0 Å². The highest BCUT2D eigenvalue weighted by atomic mass is 19.4. The highest BCUT2D eigenvalue weighted by molar-refractivity contribution is 5.96. The average molecular weight is 517 g/mol. The number of benzene rings is 1. The van der Waals surface area contributed by atoms with E-state index in [1.54, 1.807) is 28.1 Å². The van der Waals surface area contributed by atoms with E-state index in [1.807, 2.05) is 13.0 Å². The number of fused-ring (bicyclic) bond motifs is 5. The van der Waals surface area contributed by atoms with Crippen LogP contribution in [0.15, 0.2) is 29.5 Å². The van der Waals surface area contributed by atoms with E-state index in [-0.39, 0.29) is 36.5 Å². The first kappa shape index (κ1) is 23.8. The smallest absolute Gasteiger partial charge is 0.343 e. The number of aromatic nitrogens is 4. The molecule has 0 spiro atoms. The summed E-state index contributed by atoms with van der Waals surface area (Å²) in [6.07, 6.45) is 1.70. The Kier molecular flexibility index (Phi) is 5.29. The fourth-order valence-corrected chi connectivity index (χ4v) is 6.39. The molecule has 1 saturated carbocycles. The molecular weight excluding hydrogens is 489 g/mol. The van der Waals surface area contributed by atoms with Gasteiger partial charge in [-0.05, 0) is 42.9 Å². The standard InChI is InChI=1S/C25H27F3N6O3/c1-14-8-16-18(17-11-30-31-21(14)17)12-33(13-25(26,27)28)22(36)24(9-19(16)24)10-20(35)32-5-2-15(3-6-32)34-7-4-29-23(34)37/h4,7-8,11,15,19H,2-3,5-6,9-10,12-13H2,1H3,(H,29,37)(H,30,31)/t19-,24?/m1/s1. The van der Waals surface area contributed by atoms with Gasteiger partial charge in [0.05, 0.1) is 17.1 Å². The van der Waals surface area contributed by atoms with Crippen LogP contribution in [-0.2, 0) is 16.1 Å². The van der Waals surface area contributed by atoms with E-state index in [0.29, 0.717) is 43.3 Å². The molecule has 1 saturated heterocycles. The van der Waals surface area contributed by atoms with Crippen molar-refractivity contribution >= 4 is 22.7 Å². The van der Waals surface area contributed by atoms with Crippen LogP contribution in [0.2, 0.25) is 0 Å². The van der Waals surface area contributed by atoms with Crippen molar-refractivity contribution in [1.82, 2.24) is 29.5 Å². The summed E-state index contributed by atoms with van der Waals surface area (Å²) in [5.41, 5.74) is 1.78. The lowest BCUT2D eigenvalue weighted by Crippen LogP contribution is -2.45. The van der Waals surface area contributed by atoms with E-state index < -0.39 is 24.0 Å². The molecule has 196 valence electrons. The van der Waals surface area contributed by atoms with Gasteiger partial charge in [0.1, 0.15) is 6.54 Å². The highest BCUT2D eigenvalue weighted by Gasteiger charge is 2.65. The van der Waals surface area contributed by atoms with Gasteiger partial charge in [0.2, 0.25) is 11.8 Å². The first-order valence-corrected chi connectivity index (χ1v) is 12.4. The lowest BCUT2D eigenvalue weighted by atomic mass is 9.90. The number of piperidine rings is 1. The van der Waals surface area contributed by atoms with Crippen molar-refractivity contribution in [3.8, 4) is 0 Å². The molecule has 3 aliphatic rings. The second kappa shape index (κ2) is 8.22. The zero-order valence-corrected chi connectivity index (χ0v) is 20.3. The van der Waals surface area contributed by atoms with Gasteiger partial charge in [0, 0.05) is 55.8 Å². The first-order chi connectivity index (χ1) is 17.6. The first-order valence-electron chi connectivity index (χ1n) is 12.4. The van der Waals surface area contributed by atoms with Crippen LogP contribution in [0.4, 0.5) is 13.2 Å². The minimum atomic E-state index is -4.56. The molecule has 2 fully saturated rings. The van der Waals surface area contributed by atoms with E-state index in [4.69, 9.17) is 0 Å². The number of likely N-dealkylation sites (tertiary alicyclic amines) is 1. The van der Waals surface area contributed by atoms with Gasteiger partial charge in [-0.25, -0.2) is 4.79 Å². The maximum absolute atomic E-state index is 13.7. The number of halogens is 3. The monoisotopic (exact) mass is 516 g/mol. The molecule has 2 N–H and O–H groups in total. The topological polar surface area (TPSA) is 107 Å². The zero-order chi connectivity index (χ0) is 26.1. The summed E-state index contributed by atoms with van der Waals surface area (Å²) in [6, 6.07) is 1.90. The van der Waals surface area contributed by atoms with Gasteiger partial charge in [-0.1, -0.05) is 6.07 Å². The molecule has 12 heteroatoms. The van der Waals surface area contributed by atoms with Gasteiger partial charge in [0.25, 0.3) is 0 Å². The van der Waals surface area contributed by atoms with Crippen LogP contribution in [0.5, 0.6) is 0 Å². The predicted molar refractivity (Wildman–Crippen MR) is 127 cm³/mol. The zero-order valence-electron chi connectivity index (χ0n) is 20.3. The number of carbonyl (C=O) groups excluding carboxylic acids is 2. The number of H-pyrrole nitrogens is 2. The van der Waals surface area contributed by atoms with Crippen LogP contribution in [-0.4, -0.2) is 67.2 Å². The number of aryl methyl sites for hydroxylation is 1. The molecule has 2 aliphatic heterocycles. The predicted octanol–water partition coefficient (Wildman–Crippen LogP) is 2.99. The SMILES string of the molecule is Cc1cc2c(c3cn[nH]c13)CN(CC(F)(F)F)C(=O)C1(CC(=O)N3CCC(n4cc[nH]c4=O)CC3)C[C@H]21. The fraction of sp³-hybridized carbons (Fsp3) is 0.520. The molecule has 2 amide bonds. The molecule has 1 aromatic carbocycles. The Hall–Kier alpha value is -3.57. The van der Waals surface area contributed by atoms with Gasteiger partial charge in [-0.3, -0.25) is 19.3 Å².